The Kier molecular flexibility index (Phi) is 4.10. The molecule has 0 radical (unpaired) electrons. The van der Waals surface area contributed by atoms with Crippen LogP contribution in [0.5, 0.6) is 5.75 Å². The zero-order valence-corrected chi connectivity index (χ0v) is 12.5. The average molecular weight is 290 g/mol. The second-order valence-electron chi connectivity index (χ2n) is 6.02. The van der Waals surface area contributed by atoms with E-state index < -0.39 is 0 Å². The van der Waals surface area contributed by atoms with Crippen LogP contribution in [-0.2, 0) is 4.74 Å². The standard InChI is InChI=1S/C16H22N2O3/c1-20-13-3-7-17-14(11-13)15(19)18-8-2-4-16(12-18)5-9-21-10-6-16/h3,7,11H,2,4-6,8-10,12H2,1H3. The highest BCUT2D eigenvalue weighted by molar-refractivity contribution is 5.92. The number of likely N-dealkylation sites (tertiary alicyclic amines) is 1. The highest BCUT2D eigenvalue weighted by atomic mass is 16.5. The van der Waals surface area contributed by atoms with Gasteiger partial charge in [-0.05, 0) is 37.2 Å². The fourth-order valence-electron chi connectivity index (χ4n) is 3.41. The number of aromatic nitrogens is 1. The molecule has 0 atom stereocenters. The Morgan fingerprint density at radius 3 is 2.95 bits per heavy atom. The molecule has 0 aliphatic carbocycles. The van der Waals surface area contributed by atoms with Crippen LogP contribution in [0.1, 0.15) is 36.2 Å². The highest BCUT2D eigenvalue weighted by Crippen LogP contribution is 2.39. The van der Waals surface area contributed by atoms with Crippen molar-refractivity contribution in [3.8, 4) is 5.75 Å². The zero-order valence-electron chi connectivity index (χ0n) is 12.5. The molecule has 114 valence electrons. The first-order valence-electron chi connectivity index (χ1n) is 7.60. The predicted octanol–water partition coefficient (Wildman–Crippen LogP) is 2.12. The number of methoxy groups -OCH3 is 1. The van der Waals surface area contributed by atoms with Crippen LogP contribution < -0.4 is 4.74 Å². The van der Waals surface area contributed by atoms with Gasteiger partial charge in [-0.3, -0.25) is 9.78 Å². The average Bonchev–Trinajstić information content (AvgIpc) is 2.55. The number of carbonyl (C=O) groups excluding carboxylic acids is 1. The van der Waals surface area contributed by atoms with Crippen molar-refractivity contribution < 1.29 is 14.3 Å². The third kappa shape index (κ3) is 3.02. The van der Waals surface area contributed by atoms with Gasteiger partial charge >= 0.3 is 0 Å². The smallest absolute Gasteiger partial charge is 0.272 e. The minimum absolute atomic E-state index is 0.0134. The van der Waals surface area contributed by atoms with Crippen LogP contribution in [0.4, 0.5) is 0 Å². The number of pyridine rings is 1. The van der Waals surface area contributed by atoms with Gasteiger partial charge in [-0.15, -0.1) is 0 Å². The van der Waals surface area contributed by atoms with E-state index in [1.807, 2.05) is 4.90 Å². The Morgan fingerprint density at radius 1 is 1.38 bits per heavy atom. The van der Waals surface area contributed by atoms with Crippen LogP contribution in [0.25, 0.3) is 0 Å². The van der Waals surface area contributed by atoms with Gasteiger partial charge in [-0.2, -0.15) is 0 Å². The minimum Gasteiger partial charge on any atom is -0.497 e. The van der Waals surface area contributed by atoms with Crippen LogP contribution in [0, 0.1) is 5.41 Å². The van der Waals surface area contributed by atoms with Gasteiger partial charge in [0.1, 0.15) is 11.4 Å². The number of carbonyl (C=O) groups is 1. The fraction of sp³-hybridized carbons (Fsp3) is 0.625. The SMILES string of the molecule is COc1ccnc(C(=O)N2CCCC3(CCOCC3)C2)c1. The molecular weight excluding hydrogens is 268 g/mol. The van der Waals surface area contributed by atoms with E-state index in [1.165, 1.54) is 6.42 Å². The lowest BCUT2D eigenvalue weighted by Gasteiger charge is -2.45. The fourth-order valence-corrected chi connectivity index (χ4v) is 3.41. The van der Waals surface area contributed by atoms with Crippen molar-refractivity contribution in [1.82, 2.24) is 9.88 Å². The van der Waals surface area contributed by atoms with E-state index in [1.54, 1.807) is 25.4 Å². The van der Waals surface area contributed by atoms with Gasteiger partial charge in [0, 0.05) is 38.6 Å². The summed E-state index contributed by atoms with van der Waals surface area (Å²) in [5, 5.41) is 0. The number of piperidine rings is 1. The van der Waals surface area contributed by atoms with E-state index in [-0.39, 0.29) is 11.3 Å². The molecule has 0 bridgehead atoms. The summed E-state index contributed by atoms with van der Waals surface area (Å²) in [6, 6.07) is 3.47. The van der Waals surface area contributed by atoms with E-state index >= 15 is 0 Å². The summed E-state index contributed by atoms with van der Waals surface area (Å²) >= 11 is 0. The molecule has 2 fully saturated rings. The number of ether oxygens (including phenoxy) is 2. The van der Waals surface area contributed by atoms with Gasteiger partial charge in [0.2, 0.25) is 0 Å². The topological polar surface area (TPSA) is 51.7 Å². The first-order valence-corrected chi connectivity index (χ1v) is 7.60. The first-order chi connectivity index (χ1) is 10.2. The van der Waals surface area contributed by atoms with Gasteiger partial charge in [0.25, 0.3) is 5.91 Å². The molecule has 21 heavy (non-hydrogen) atoms. The van der Waals surface area contributed by atoms with Crippen molar-refractivity contribution in [2.75, 3.05) is 33.4 Å². The minimum atomic E-state index is 0.0134. The lowest BCUT2D eigenvalue weighted by atomic mass is 9.74. The molecule has 2 saturated heterocycles. The van der Waals surface area contributed by atoms with Gasteiger partial charge in [0.05, 0.1) is 7.11 Å². The van der Waals surface area contributed by atoms with Crippen LogP contribution >= 0.6 is 0 Å². The van der Waals surface area contributed by atoms with Gasteiger partial charge in [-0.25, -0.2) is 0 Å². The summed E-state index contributed by atoms with van der Waals surface area (Å²) in [5.74, 6) is 0.686. The number of amides is 1. The van der Waals surface area contributed by atoms with E-state index in [4.69, 9.17) is 9.47 Å². The van der Waals surface area contributed by atoms with E-state index in [9.17, 15) is 4.79 Å². The highest BCUT2D eigenvalue weighted by Gasteiger charge is 2.38. The lowest BCUT2D eigenvalue weighted by molar-refractivity contribution is -0.0230. The van der Waals surface area contributed by atoms with Crippen molar-refractivity contribution in [3.63, 3.8) is 0 Å². The van der Waals surface area contributed by atoms with Crippen LogP contribution in [0.15, 0.2) is 18.3 Å². The predicted molar refractivity (Wildman–Crippen MR) is 78.4 cm³/mol. The van der Waals surface area contributed by atoms with Crippen molar-refractivity contribution in [2.24, 2.45) is 5.41 Å². The second kappa shape index (κ2) is 6.02. The molecule has 0 N–H and O–H groups in total. The molecule has 0 saturated carbocycles. The third-order valence-corrected chi connectivity index (χ3v) is 4.69. The van der Waals surface area contributed by atoms with E-state index in [0.717, 1.165) is 45.6 Å². The Morgan fingerprint density at radius 2 is 2.19 bits per heavy atom. The molecule has 5 heteroatoms. The summed E-state index contributed by atoms with van der Waals surface area (Å²) in [6.45, 7) is 3.29. The van der Waals surface area contributed by atoms with Gasteiger partial charge in [-0.1, -0.05) is 0 Å². The summed E-state index contributed by atoms with van der Waals surface area (Å²) in [5.41, 5.74) is 0.726. The molecular formula is C16H22N2O3. The molecule has 0 unspecified atom stereocenters. The molecule has 3 rings (SSSR count). The molecule has 5 nitrogen and oxygen atoms in total. The van der Waals surface area contributed by atoms with E-state index in [0.29, 0.717) is 11.4 Å². The van der Waals surface area contributed by atoms with Gasteiger partial charge < -0.3 is 14.4 Å². The lowest BCUT2D eigenvalue weighted by Crippen LogP contribution is -2.48. The van der Waals surface area contributed by atoms with Crippen molar-refractivity contribution >= 4 is 5.91 Å². The Balaban J connectivity index is 1.74. The largest absolute Gasteiger partial charge is 0.497 e. The molecule has 2 aliphatic rings. The molecule has 0 aromatic carbocycles. The summed E-state index contributed by atoms with van der Waals surface area (Å²) in [7, 11) is 1.60. The molecule has 1 aromatic rings. The summed E-state index contributed by atoms with van der Waals surface area (Å²) in [4.78, 5) is 18.8. The summed E-state index contributed by atoms with van der Waals surface area (Å²) in [6.07, 6.45) is 6.01. The monoisotopic (exact) mass is 290 g/mol. The van der Waals surface area contributed by atoms with Crippen LogP contribution in [-0.4, -0.2) is 49.2 Å². The number of nitrogens with zero attached hydrogens (tertiary/aromatic N) is 2. The third-order valence-electron chi connectivity index (χ3n) is 4.69. The second-order valence-corrected chi connectivity index (χ2v) is 6.02. The molecule has 1 spiro atoms. The first kappa shape index (κ1) is 14.3. The maximum Gasteiger partial charge on any atom is 0.272 e. The van der Waals surface area contributed by atoms with Crippen molar-refractivity contribution in [1.29, 1.82) is 0 Å². The van der Waals surface area contributed by atoms with E-state index in [2.05, 4.69) is 4.98 Å². The Labute approximate surface area is 125 Å². The zero-order chi connectivity index (χ0) is 14.7. The maximum atomic E-state index is 12.7. The number of hydrogen-bond acceptors (Lipinski definition) is 4. The van der Waals surface area contributed by atoms with Crippen LogP contribution in [0.2, 0.25) is 0 Å². The van der Waals surface area contributed by atoms with Crippen molar-refractivity contribution in [3.05, 3.63) is 24.0 Å². The molecule has 1 aromatic heterocycles. The normalized spacial score (nSPS) is 21.3. The van der Waals surface area contributed by atoms with Gasteiger partial charge in [0.15, 0.2) is 0 Å². The molecule has 2 aliphatic heterocycles. The Bertz CT molecular complexity index is 506. The number of hydrogen-bond donors (Lipinski definition) is 0. The number of rotatable bonds is 2. The Hall–Kier alpha value is -1.62. The van der Waals surface area contributed by atoms with Crippen molar-refractivity contribution in [2.45, 2.75) is 25.7 Å². The summed E-state index contributed by atoms with van der Waals surface area (Å²) < 4.78 is 10.7. The van der Waals surface area contributed by atoms with Crippen LogP contribution in [0.3, 0.4) is 0 Å². The maximum absolute atomic E-state index is 12.7. The molecule has 3 heterocycles. The quantitative estimate of drug-likeness (QED) is 0.837. The molecule has 1 amide bonds.